The predicted octanol–water partition coefficient (Wildman–Crippen LogP) is 2.15. The minimum Gasteiger partial charge on any atom is -0.496 e. The van der Waals surface area contributed by atoms with Crippen molar-refractivity contribution < 1.29 is 24.4 Å². The first-order valence-electron chi connectivity index (χ1n) is 5.26. The molecule has 5 nitrogen and oxygen atoms in total. The first-order chi connectivity index (χ1) is 8.02. The fraction of sp³-hybridized carbons (Fsp3) is 0.500. The molecular formula is C12H16O5. The van der Waals surface area contributed by atoms with E-state index in [-0.39, 0.29) is 0 Å². The first-order valence-corrected chi connectivity index (χ1v) is 5.26. The van der Waals surface area contributed by atoms with Gasteiger partial charge in [-0.2, -0.15) is 4.89 Å². The second-order valence-corrected chi connectivity index (χ2v) is 4.21. The minimum atomic E-state index is -1.31. The Morgan fingerprint density at radius 2 is 1.94 bits per heavy atom. The van der Waals surface area contributed by atoms with E-state index in [0.717, 1.165) is 5.56 Å². The summed E-state index contributed by atoms with van der Waals surface area (Å²) in [5, 5.41) is 9.08. The lowest BCUT2D eigenvalue weighted by atomic mass is 9.89. The molecule has 1 N–H and O–H groups in total. The maximum absolute atomic E-state index is 9.08. The van der Waals surface area contributed by atoms with Gasteiger partial charge in [-0.25, -0.2) is 5.26 Å². The van der Waals surface area contributed by atoms with Gasteiger partial charge in [0, 0.05) is 14.0 Å². The molecule has 0 aromatic heterocycles. The lowest BCUT2D eigenvalue weighted by Gasteiger charge is -2.35. The summed E-state index contributed by atoms with van der Waals surface area (Å²) in [5.41, 5.74) is -0.231. The zero-order valence-corrected chi connectivity index (χ0v) is 10.3. The van der Waals surface area contributed by atoms with E-state index in [1.165, 1.54) is 7.11 Å². The van der Waals surface area contributed by atoms with Gasteiger partial charge in [0.05, 0.1) is 12.7 Å². The van der Waals surface area contributed by atoms with Gasteiger partial charge in [0.15, 0.2) is 5.60 Å². The van der Waals surface area contributed by atoms with Gasteiger partial charge >= 0.3 is 0 Å². The van der Waals surface area contributed by atoms with Crippen LogP contribution in [0.25, 0.3) is 0 Å². The molecule has 2 rings (SSSR count). The van der Waals surface area contributed by atoms with Crippen LogP contribution in [0, 0.1) is 0 Å². The second-order valence-electron chi connectivity index (χ2n) is 4.21. The normalized spacial score (nSPS) is 30.9. The summed E-state index contributed by atoms with van der Waals surface area (Å²) in [4.78, 5) is 4.48. The van der Waals surface area contributed by atoms with Crippen molar-refractivity contribution in [2.45, 2.75) is 25.2 Å². The van der Waals surface area contributed by atoms with Gasteiger partial charge in [-0.3, -0.25) is 0 Å². The third kappa shape index (κ3) is 1.43. The number of methoxy groups -OCH3 is 2. The number of ether oxygens (including phenoxy) is 3. The fourth-order valence-corrected chi connectivity index (χ4v) is 2.16. The molecule has 0 unspecified atom stereocenters. The average Bonchev–Trinajstić information content (AvgIpc) is 2.59. The van der Waals surface area contributed by atoms with E-state index in [1.54, 1.807) is 33.1 Å². The fourth-order valence-electron chi connectivity index (χ4n) is 2.16. The minimum absolute atomic E-state index is 0.574. The molecular weight excluding hydrogens is 224 g/mol. The molecule has 0 saturated carbocycles. The van der Waals surface area contributed by atoms with E-state index in [2.05, 4.69) is 4.89 Å². The van der Waals surface area contributed by atoms with Crippen LogP contribution in [0.1, 0.15) is 19.4 Å². The highest BCUT2D eigenvalue weighted by Gasteiger charge is 2.59. The maximum atomic E-state index is 9.08. The number of hydrogen-bond donors (Lipinski definition) is 1. The highest BCUT2D eigenvalue weighted by atomic mass is 17.1. The van der Waals surface area contributed by atoms with Gasteiger partial charge in [-0.05, 0) is 19.1 Å². The molecule has 1 aromatic carbocycles. The predicted molar refractivity (Wildman–Crippen MR) is 60.1 cm³/mol. The third-order valence-corrected chi connectivity index (χ3v) is 3.44. The van der Waals surface area contributed by atoms with Crippen LogP contribution < -0.4 is 9.47 Å². The Morgan fingerprint density at radius 1 is 1.24 bits per heavy atom. The molecule has 0 amide bonds. The van der Waals surface area contributed by atoms with Crippen LogP contribution in [0.4, 0.5) is 0 Å². The lowest BCUT2D eigenvalue weighted by molar-refractivity contribution is -0.412. The third-order valence-electron chi connectivity index (χ3n) is 3.44. The summed E-state index contributed by atoms with van der Waals surface area (Å²) in [7, 11) is 3.10. The molecule has 17 heavy (non-hydrogen) atoms. The molecule has 0 bridgehead atoms. The van der Waals surface area contributed by atoms with Crippen molar-refractivity contribution in [3.05, 3.63) is 23.8 Å². The summed E-state index contributed by atoms with van der Waals surface area (Å²) < 4.78 is 16.4. The van der Waals surface area contributed by atoms with E-state index in [4.69, 9.17) is 19.5 Å². The van der Waals surface area contributed by atoms with Crippen LogP contribution in [0.3, 0.4) is 0 Å². The van der Waals surface area contributed by atoms with Gasteiger partial charge in [-0.15, -0.1) is 0 Å². The number of rotatable bonds is 3. The first kappa shape index (κ1) is 12.2. The van der Waals surface area contributed by atoms with Crippen molar-refractivity contribution in [3.8, 4) is 11.5 Å². The molecule has 1 aromatic rings. The monoisotopic (exact) mass is 240 g/mol. The van der Waals surface area contributed by atoms with Crippen molar-refractivity contribution in [2.24, 2.45) is 0 Å². The molecule has 0 saturated heterocycles. The number of benzene rings is 1. The Labute approximate surface area is 99.8 Å². The Kier molecular flexibility index (Phi) is 2.77. The van der Waals surface area contributed by atoms with Crippen LogP contribution >= 0.6 is 0 Å². The molecule has 5 heteroatoms. The molecule has 1 heterocycles. The Morgan fingerprint density at radius 3 is 2.47 bits per heavy atom. The molecule has 0 spiro atoms. The standard InChI is InChI=1S/C12H16O5/c1-11(15-4)10-8(14-3)6-5-7-9(10)16-12(11,2)17-13/h5-7,13H,1-4H3/t11-,12+/m0/s1. The molecule has 0 aliphatic carbocycles. The van der Waals surface area contributed by atoms with Gasteiger partial charge in [0.2, 0.25) is 0 Å². The van der Waals surface area contributed by atoms with Crippen LogP contribution in [0.15, 0.2) is 18.2 Å². The van der Waals surface area contributed by atoms with Crippen molar-refractivity contribution in [3.63, 3.8) is 0 Å². The van der Waals surface area contributed by atoms with E-state index in [0.29, 0.717) is 11.5 Å². The zero-order valence-electron chi connectivity index (χ0n) is 10.3. The highest BCUT2D eigenvalue weighted by Crippen LogP contribution is 2.53. The molecule has 2 atom stereocenters. The van der Waals surface area contributed by atoms with Crippen LogP contribution in [0.5, 0.6) is 11.5 Å². The van der Waals surface area contributed by atoms with E-state index in [1.807, 2.05) is 6.07 Å². The number of fused-ring (bicyclic) bond motifs is 1. The van der Waals surface area contributed by atoms with Crippen molar-refractivity contribution in [1.82, 2.24) is 0 Å². The van der Waals surface area contributed by atoms with Gasteiger partial charge < -0.3 is 14.2 Å². The van der Waals surface area contributed by atoms with Gasteiger partial charge in [-0.1, -0.05) is 6.07 Å². The molecule has 94 valence electrons. The summed E-state index contributed by atoms with van der Waals surface area (Å²) in [6.45, 7) is 3.38. The number of hydrogen-bond acceptors (Lipinski definition) is 5. The lowest BCUT2D eigenvalue weighted by Crippen LogP contribution is -2.50. The van der Waals surface area contributed by atoms with Gasteiger partial charge in [0.1, 0.15) is 11.5 Å². The summed E-state index contributed by atoms with van der Waals surface area (Å²) in [6, 6.07) is 5.39. The SMILES string of the molecule is COc1cccc2c1[C@](C)(OC)[C@@](C)(OO)O2. The Hall–Kier alpha value is -1.30. The topological polar surface area (TPSA) is 57.2 Å². The van der Waals surface area contributed by atoms with Crippen LogP contribution in [0.2, 0.25) is 0 Å². The largest absolute Gasteiger partial charge is 0.496 e. The van der Waals surface area contributed by atoms with Crippen molar-refractivity contribution in [2.75, 3.05) is 14.2 Å². The summed E-state index contributed by atoms with van der Waals surface area (Å²) in [6.07, 6.45) is 0. The Bertz CT molecular complexity index is 433. The zero-order chi connectivity index (χ0) is 12.7. The van der Waals surface area contributed by atoms with Gasteiger partial charge in [0.25, 0.3) is 5.79 Å². The quantitative estimate of drug-likeness (QED) is 0.648. The molecule has 1 aliphatic heterocycles. The van der Waals surface area contributed by atoms with Crippen molar-refractivity contribution in [1.29, 1.82) is 0 Å². The van der Waals surface area contributed by atoms with Crippen molar-refractivity contribution >= 4 is 0 Å². The van der Waals surface area contributed by atoms with E-state index < -0.39 is 11.4 Å². The maximum Gasteiger partial charge on any atom is 0.270 e. The second kappa shape index (κ2) is 3.87. The summed E-state index contributed by atoms with van der Waals surface area (Å²) >= 11 is 0. The highest BCUT2D eigenvalue weighted by molar-refractivity contribution is 5.52. The van der Waals surface area contributed by atoms with E-state index >= 15 is 0 Å². The average molecular weight is 240 g/mol. The van der Waals surface area contributed by atoms with Crippen LogP contribution in [-0.2, 0) is 15.2 Å². The smallest absolute Gasteiger partial charge is 0.270 e. The Balaban J connectivity index is 2.65. The molecule has 0 radical (unpaired) electrons. The summed E-state index contributed by atoms with van der Waals surface area (Å²) in [5.74, 6) is -0.100. The molecule has 1 aliphatic rings. The molecule has 0 fully saturated rings. The van der Waals surface area contributed by atoms with E-state index in [9.17, 15) is 0 Å². The van der Waals surface area contributed by atoms with Crippen LogP contribution in [-0.4, -0.2) is 25.3 Å².